The van der Waals surface area contributed by atoms with Gasteiger partial charge in [0.15, 0.2) is 0 Å². The average Bonchev–Trinajstić information content (AvgIpc) is 2.36. The first-order chi connectivity index (χ1) is 5.55. The molecule has 1 atom stereocenters. The number of carbonyl (C=O) groups is 2. The zero-order valence-corrected chi connectivity index (χ0v) is 7.86. The molecule has 66 valence electrons. The van der Waals surface area contributed by atoms with Gasteiger partial charge in [-0.15, -0.1) is 0 Å². The number of halogens is 2. The molecule has 0 unspecified atom stereocenters. The lowest BCUT2D eigenvalue weighted by molar-refractivity contribution is -0.124. The third-order valence-electron chi connectivity index (χ3n) is 3.19. The van der Waals surface area contributed by atoms with Crippen molar-refractivity contribution < 1.29 is 9.59 Å². The Labute approximate surface area is 80.2 Å². The Balaban J connectivity index is 2.15. The van der Waals surface area contributed by atoms with Crippen LogP contribution in [0.5, 0.6) is 0 Å². The van der Waals surface area contributed by atoms with E-state index in [1.54, 1.807) is 0 Å². The molecule has 0 N–H and O–H groups in total. The second kappa shape index (κ2) is 2.46. The van der Waals surface area contributed by atoms with E-state index in [2.05, 4.69) is 0 Å². The highest BCUT2D eigenvalue weighted by molar-refractivity contribution is 6.65. The Bertz CT molecular complexity index is 256. The Morgan fingerprint density at radius 1 is 1.17 bits per heavy atom. The van der Waals surface area contributed by atoms with Crippen molar-refractivity contribution in [3.05, 3.63) is 0 Å². The normalized spacial score (nSPS) is 43.8. The predicted molar refractivity (Wildman–Crippen MR) is 45.0 cm³/mol. The van der Waals surface area contributed by atoms with E-state index >= 15 is 0 Å². The van der Waals surface area contributed by atoms with E-state index in [9.17, 15) is 9.59 Å². The highest BCUT2D eigenvalue weighted by Crippen LogP contribution is 2.63. The Morgan fingerprint density at radius 2 is 1.75 bits per heavy atom. The molecule has 0 radical (unpaired) electrons. The van der Waals surface area contributed by atoms with Gasteiger partial charge in [0, 0.05) is 11.3 Å². The third kappa shape index (κ3) is 0.944. The summed E-state index contributed by atoms with van der Waals surface area (Å²) in [7, 11) is 0. The van der Waals surface area contributed by atoms with Crippen LogP contribution in [-0.2, 0) is 9.59 Å². The number of rotatable bonds is 2. The van der Waals surface area contributed by atoms with Gasteiger partial charge in [-0.3, -0.25) is 9.59 Å². The van der Waals surface area contributed by atoms with Crippen molar-refractivity contribution in [3.8, 4) is 0 Å². The van der Waals surface area contributed by atoms with Gasteiger partial charge < -0.3 is 0 Å². The van der Waals surface area contributed by atoms with E-state index in [0.717, 1.165) is 12.8 Å². The highest BCUT2D eigenvalue weighted by atomic mass is 35.5. The van der Waals surface area contributed by atoms with Crippen molar-refractivity contribution in [2.45, 2.75) is 19.3 Å². The number of hydrogen-bond acceptors (Lipinski definition) is 2. The second-order valence-electron chi connectivity index (χ2n) is 3.84. The first kappa shape index (κ1) is 8.52. The molecule has 3 aliphatic carbocycles. The molecule has 2 bridgehead atoms. The van der Waals surface area contributed by atoms with Gasteiger partial charge in [-0.25, -0.2) is 0 Å². The number of carbonyl (C=O) groups excluding carboxylic acids is 2. The molecule has 0 saturated heterocycles. The zero-order chi connectivity index (χ0) is 8.93. The van der Waals surface area contributed by atoms with Crippen LogP contribution in [0.15, 0.2) is 0 Å². The van der Waals surface area contributed by atoms with Crippen molar-refractivity contribution in [2.75, 3.05) is 0 Å². The fourth-order valence-corrected chi connectivity index (χ4v) is 2.98. The summed E-state index contributed by atoms with van der Waals surface area (Å²) in [5.41, 5.74) is -0.387. The molecule has 3 aliphatic rings. The Hall–Kier alpha value is -0.0800. The summed E-state index contributed by atoms with van der Waals surface area (Å²) in [6, 6.07) is 0. The average molecular weight is 207 g/mol. The molecule has 0 aromatic rings. The molecule has 3 rings (SSSR count). The van der Waals surface area contributed by atoms with Crippen LogP contribution in [0.25, 0.3) is 0 Å². The zero-order valence-electron chi connectivity index (χ0n) is 6.35. The van der Waals surface area contributed by atoms with E-state index in [-0.39, 0.29) is 21.8 Å². The van der Waals surface area contributed by atoms with Crippen LogP contribution < -0.4 is 0 Å². The van der Waals surface area contributed by atoms with E-state index in [1.807, 2.05) is 0 Å². The maximum absolute atomic E-state index is 11.0. The SMILES string of the molecule is O=C(Cl)[C@@H]1CC2(C(=O)Cl)CC1C2. The predicted octanol–water partition coefficient (Wildman–Crippen LogP) is 1.93. The van der Waals surface area contributed by atoms with Gasteiger partial charge in [0.1, 0.15) is 0 Å². The van der Waals surface area contributed by atoms with Crippen molar-refractivity contribution in [3.63, 3.8) is 0 Å². The van der Waals surface area contributed by atoms with Gasteiger partial charge in [0.2, 0.25) is 10.5 Å². The topological polar surface area (TPSA) is 34.1 Å². The second-order valence-corrected chi connectivity index (χ2v) is 4.55. The molecule has 3 fully saturated rings. The van der Waals surface area contributed by atoms with Crippen molar-refractivity contribution in [2.24, 2.45) is 17.3 Å². The van der Waals surface area contributed by atoms with Gasteiger partial charge in [-0.05, 0) is 48.4 Å². The van der Waals surface area contributed by atoms with Crippen molar-refractivity contribution in [1.29, 1.82) is 0 Å². The molecule has 12 heavy (non-hydrogen) atoms. The van der Waals surface area contributed by atoms with E-state index in [0.29, 0.717) is 12.3 Å². The Morgan fingerprint density at radius 3 is 2.00 bits per heavy atom. The standard InChI is InChI=1S/C8H8Cl2O2/c9-6(11)5-3-8(7(10)12)1-4(5)2-8/h4-5H,1-3H2/t4?,5-,8?/m1/s1. The smallest absolute Gasteiger partial charge is 0.227 e. The molecule has 2 nitrogen and oxygen atoms in total. The van der Waals surface area contributed by atoms with Crippen LogP contribution >= 0.6 is 23.2 Å². The molecular weight excluding hydrogens is 199 g/mol. The Kier molecular flexibility index (Phi) is 1.74. The monoisotopic (exact) mass is 206 g/mol. The fraction of sp³-hybridized carbons (Fsp3) is 0.750. The molecular formula is C8H8Cl2O2. The summed E-state index contributed by atoms with van der Waals surface area (Å²) in [5, 5.41) is -0.601. The van der Waals surface area contributed by atoms with Crippen LogP contribution in [0.4, 0.5) is 0 Å². The lowest BCUT2D eigenvalue weighted by Gasteiger charge is -2.34. The van der Waals surface area contributed by atoms with Crippen LogP contribution in [0.1, 0.15) is 19.3 Å². The van der Waals surface area contributed by atoms with Gasteiger partial charge in [-0.2, -0.15) is 0 Å². The minimum absolute atomic E-state index is 0.116. The van der Waals surface area contributed by atoms with Gasteiger partial charge in [0.25, 0.3) is 0 Å². The maximum Gasteiger partial charge on any atom is 0.227 e. The summed E-state index contributed by atoms with van der Waals surface area (Å²) in [5.74, 6) is 0.201. The van der Waals surface area contributed by atoms with Crippen LogP contribution in [0.3, 0.4) is 0 Å². The summed E-state index contributed by atoms with van der Waals surface area (Å²) in [4.78, 5) is 21.8. The third-order valence-corrected chi connectivity index (χ3v) is 3.88. The van der Waals surface area contributed by atoms with Gasteiger partial charge in [0.05, 0.1) is 0 Å². The van der Waals surface area contributed by atoms with Crippen LogP contribution in [-0.4, -0.2) is 10.5 Å². The van der Waals surface area contributed by atoms with Gasteiger partial charge >= 0.3 is 0 Å². The van der Waals surface area contributed by atoms with Crippen LogP contribution in [0.2, 0.25) is 0 Å². The largest absolute Gasteiger partial charge is 0.281 e. The molecule has 0 aromatic carbocycles. The molecule has 0 amide bonds. The fourth-order valence-electron chi connectivity index (χ4n) is 2.49. The lowest BCUT2D eigenvalue weighted by Crippen LogP contribution is -2.33. The maximum atomic E-state index is 11.0. The van der Waals surface area contributed by atoms with E-state index in [1.165, 1.54) is 0 Å². The quantitative estimate of drug-likeness (QED) is 0.648. The molecule has 0 aromatic heterocycles. The van der Waals surface area contributed by atoms with E-state index in [4.69, 9.17) is 23.2 Å². The summed E-state index contributed by atoms with van der Waals surface area (Å²) in [6.45, 7) is 0. The summed E-state index contributed by atoms with van der Waals surface area (Å²) in [6.07, 6.45) is 2.10. The molecule has 0 heterocycles. The molecule has 0 aliphatic heterocycles. The van der Waals surface area contributed by atoms with Crippen molar-refractivity contribution in [1.82, 2.24) is 0 Å². The number of hydrogen-bond donors (Lipinski definition) is 0. The summed E-state index contributed by atoms with van der Waals surface area (Å²) >= 11 is 10.8. The van der Waals surface area contributed by atoms with Crippen LogP contribution in [0, 0.1) is 17.3 Å². The lowest BCUT2D eigenvalue weighted by atomic mass is 9.70. The highest BCUT2D eigenvalue weighted by Gasteiger charge is 2.61. The van der Waals surface area contributed by atoms with Gasteiger partial charge in [-0.1, -0.05) is 0 Å². The first-order valence-corrected chi connectivity index (χ1v) is 4.70. The molecule has 3 saturated carbocycles. The minimum atomic E-state index is -0.387. The molecule has 4 heteroatoms. The minimum Gasteiger partial charge on any atom is -0.281 e. The number of fused-ring (bicyclic) bond motifs is 1. The summed E-state index contributed by atoms with van der Waals surface area (Å²) < 4.78 is 0. The van der Waals surface area contributed by atoms with E-state index < -0.39 is 0 Å². The first-order valence-electron chi connectivity index (χ1n) is 3.94. The molecule has 0 spiro atoms. The van der Waals surface area contributed by atoms with Crippen molar-refractivity contribution >= 4 is 33.7 Å².